The lowest BCUT2D eigenvalue weighted by Gasteiger charge is -2.08. The highest BCUT2D eigenvalue weighted by Crippen LogP contribution is 2.10. The summed E-state index contributed by atoms with van der Waals surface area (Å²) in [5, 5.41) is 2.74. The van der Waals surface area contributed by atoms with Crippen LogP contribution in [-0.4, -0.2) is 20.9 Å². The highest BCUT2D eigenvalue weighted by atomic mass is 32.2. The molecule has 0 spiro atoms. The number of sulfonamides is 1. The molecule has 0 fully saturated rings. The molecule has 0 aliphatic carbocycles. The fraction of sp³-hybridized carbons (Fsp3) is 0.188. The Morgan fingerprint density at radius 2 is 1.77 bits per heavy atom. The third kappa shape index (κ3) is 4.68. The van der Waals surface area contributed by atoms with Gasteiger partial charge >= 0.3 is 0 Å². The van der Waals surface area contributed by atoms with Gasteiger partial charge in [-0.1, -0.05) is 30.3 Å². The van der Waals surface area contributed by atoms with Crippen molar-refractivity contribution in [1.82, 2.24) is 4.72 Å². The van der Waals surface area contributed by atoms with E-state index in [9.17, 15) is 13.2 Å². The molecule has 0 aliphatic rings. The van der Waals surface area contributed by atoms with E-state index < -0.39 is 10.0 Å². The Morgan fingerprint density at radius 3 is 2.45 bits per heavy atom. The zero-order valence-corrected chi connectivity index (χ0v) is 13.1. The van der Waals surface area contributed by atoms with E-state index in [0.29, 0.717) is 5.69 Å². The lowest BCUT2D eigenvalue weighted by molar-refractivity contribution is -0.116. The van der Waals surface area contributed by atoms with Crippen LogP contribution in [0.25, 0.3) is 0 Å². The van der Waals surface area contributed by atoms with Crippen LogP contribution in [0, 0.1) is 6.92 Å². The molecule has 0 saturated carbocycles. The molecule has 2 N–H and O–H groups in total. The highest BCUT2D eigenvalue weighted by Gasteiger charge is 2.13. The predicted molar refractivity (Wildman–Crippen MR) is 86.1 cm³/mol. The maximum absolute atomic E-state index is 12.0. The molecule has 0 radical (unpaired) electrons. The second kappa shape index (κ2) is 7.20. The maximum Gasteiger partial charge on any atom is 0.240 e. The van der Waals surface area contributed by atoms with Crippen molar-refractivity contribution in [2.24, 2.45) is 0 Å². The van der Waals surface area contributed by atoms with Gasteiger partial charge in [-0.3, -0.25) is 4.79 Å². The van der Waals surface area contributed by atoms with Crippen LogP contribution in [0.15, 0.2) is 59.5 Å². The Hall–Kier alpha value is -2.18. The number of nitrogens with one attached hydrogen (secondary N) is 2. The van der Waals surface area contributed by atoms with Gasteiger partial charge < -0.3 is 5.32 Å². The monoisotopic (exact) mass is 318 g/mol. The molecule has 0 atom stereocenters. The van der Waals surface area contributed by atoms with Crippen molar-refractivity contribution in [2.75, 3.05) is 11.9 Å². The van der Waals surface area contributed by atoms with E-state index in [-0.39, 0.29) is 23.8 Å². The van der Waals surface area contributed by atoms with Gasteiger partial charge in [0.25, 0.3) is 0 Å². The standard InChI is InChI=1S/C16H18N2O3S/c1-13-6-5-7-14(12-13)18-16(19)10-11-17-22(20,21)15-8-3-2-4-9-15/h2-9,12,17H,10-11H2,1H3,(H,18,19). The average molecular weight is 318 g/mol. The zero-order valence-electron chi connectivity index (χ0n) is 12.2. The second-order valence-corrected chi connectivity index (χ2v) is 6.65. The lowest BCUT2D eigenvalue weighted by Crippen LogP contribution is -2.27. The normalized spacial score (nSPS) is 11.1. The van der Waals surface area contributed by atoms with Crippen LogP contribution in [0.3, 0.4) is 0 Å². The fourth-order valence-corrected chi connectivity index (χ4v) is 2.98. The van der Waals surface area contributed by atoms with E-state index in [1.54, 1.807) is 24.3 Å². The van der Waals surface area contributed by atoms with Crippen molar-refractivity contribution in [1.29, 1.82) is 0 Å². The summed E-state index contributed by atoms with van der Waals surface area (Å²) in [5.41, 5.74) is 1.75. The van der Waals surface area contributed by atoms with Crippen molar-refractivity contribution in [3.05, 3.63) is 60.2 Å². The van der Waals surface area contributed by atoms with Gasteiger partial charge in [-0.2, -0.15) is 0 Å². The van der Waals surface area contributed by atoms with E-state index in [4.69, 9.17) is 0 Å². The minimum absolute atomic E-state index is 0.0505. The largest absolute Gasteiger partial charge is 0.326 e. The number of anilines is 1. The molecule has 0 unspecified atom stereocenters. The summed E-state index contributed by atoms with van der Waals surface area (Å²) in [4.78, 5) is 12.0. The van der Waals surface area contributed by atoms with E-state index in [2.05, 4.69) is 10.0 Å². The van der Waals surface area contributed by atoms with Gasteiger partial charge in [0.2, 0.25) is 15.9 Å². The molecular weight excluding hydrogens is 300 g/mol. The quantitative estimate of drug-likeness (QED) is 0.858. The number of benzene rings is 2. The number of hydrogen-bond acceptors (Lipinski definition) is 3. The fourth-order valence-electron chi connectivity index (χ4n) is 1.93. The van der Waals surface area contributed by atoms with Gasteiger partial charge in [-0.15, -0.1) is 0 Å². The number of carbonyl (C=O) groups excluding carboxylic acids is 1. The van der Waals surface area contributed by atoms with E-state index in [0.717, 1.165) is 5.56 Å². The third-order valence-corrected chi connectivity index (χ3v) is 4.48. The first-order valence-electron chi connectivity index (χ1n) is 6.88. The molecule has 2 aromatic carbocycles. The Labute approximate surface area is 130 Å². The molecule has 1 amide bonds. The first kappa shape index (κ1) is 16.2. The van der Waals surface area contributed by atoms with Gasteiger partial charge in [0.1, 0.15) is 0 Å². The Kier molecular flexibility index (Phi) is 5.30. The molecule has 0 aliphatic heterocycles. The predicted octanol–water partition coefficient (Wildman–Crippen LogP) is 2.30. The maximum atomic E-state index is 12.0. The first-order chi connectivity index (χ1) is 10.5. The van der Waals surface area contributed by atoms with Gasteiger partial charge in [0, 0.05) is 18.7 Å². The van der Waals surface area contributed by atoms with Crippen molar-refractivity contribution in [3.8, 4) is 0 Å². The van der Waals surface area contributed by atoms with Crippen LogP contribution < -0.4 is 10.0 Å². The number of aryl methyl sites for hydroxylation is 1. The van der Waals surface area contributed by atoms with Crippen molar-refractivity contribution in [3.63, 3.8) is 0 Å². The van der Waals surface area contributed by atoms with Crippen LogP contribution in [0.5, 0.6) is 0 Å². The van der Waals surface area contributed by atoms with Crippen LogP contribution in [0.4, 0.5) is 5.69 Å². The van der Waals surface area contributed by atoms with E-state index >= 15 is 0 Å². The van der Waals surface area contributed by atoms with Gasteiger partial charge in [0.15, 0.2) is 0 Å². The summed E-state index contributed by atoms with van der Waals surface area (Å²) in [6.07, 6.45) is 0.0694. The molecular formula is C16H18N2O3S. The summed E-state index contributed by atoms with van der Waals surface area (Å²) in [6.45, 7) is 1.98. The molecule has 116 valence electrons. The Bertz CT molecular complexity index is 743. The molecule has 6 heteroatoms. The number of hydrogen-bond donors (Lipinski definition) is 2. The number of carbonyl (C=O) groups is 1. The van der Waals surface area contributed by atoms with Crippen LogP contribution in [0.1, 0.15) is 12.0 Å². The molecule has 2 rings (SSSR count). The lowest BCUT2D eigenvalue weighted by atomic mass is 10.2. The van der Waals surface area contributed by atoms with Gasteiger partial charge in [-0.05, 0) is 36.8 Å². The highest BCUT2D eigenvalue weighted by molar-refractivity contribution is 7.89. The molecule has 0 bridgehead atoms. The summed E-state index contributed by atoms with van der Waals surface area (Å²) in [5.74, 6) is -0.235. The molecule has 0 aromatic heterocycles. The second-order valence-electron chi connectivity index (χ2n) is 4.88. The van der Waals surface area contributed by atoms with Gasteiger partial charge in [-0.25, -0.2) is 13.1 Å². The summed E-state index contributed by atoms with van der Waals surface area (Å²) < 4.78 is 26.4. The summed E-state index contributed by atoms with van der Waals surface area (Å²) >= 11 is 0. The van der Waals surface area contributed by atoms with Gasteiger partial charge in [0.05, 0.1) is 4.90 Å². The minimum atomic E-state index is -3.57. The molecule has 0 heterocycles. The molecule has 2 aromatic rings. The van der Waals surface area contributed by atoms with Crippen molar-refractivity contribution < 1.29 is 13.2 Å². The number of rotatable bonds is 6. The van der Waals surface area contributed by atoms with E-state index in [1.807, 2.05) is 25.1 Å². The molecule has 22 heavy (non-hydrogen) atoms. The Morgan fingerprint density at radius 1 is 1.05 bits per heavy atom. The minimum Gasteiger partial charge on any atom is -0.326 e. The Balaban J connectivity index is 1.85. The number of amides is 1. The summed E-state index contributed by atoms with van der Waals surface area (Å²) in [6, 6.07) is 15.5. The molecule has 5 nitrogen and oxygen atoms in total. The van der Waals surface area contributed by atoms with Crippen LogP contribution >= 0.6 is 0 Å². The SMILES string of the molecule is Cc1cccc(NC(=O)CCNS(=O)(=O)c2ccccc2)c1. The third-order valence-electron chi connectivity index (χ3n) is 3.00. The summed E-state index contributed by atoms with van der Waals surface area (Å²) in [7, 11) is -3.57. The first-order valence-corrected chi connectivity index (χ1v) is 8.37. The van der Waals surface area contributed by atoms with E-state index in [1.165, 1.54) is 12.1 Å². The van der Waals surface area contributed by atoms with Crippen LogP contribution in [0.2, 0.25) is 0 Å². The molecule has 0 saturated heterocycles. The zero-order chi connectivity index (χ0) is 16.0. The topological polar surface area (TPSA) is 75.3 Å². The van der Waals surface area contributed by atoms with Crippen molar-refractivity contribution in [2.45, 2.75) is 18.2 Å². The smallest absolute Gasteiger partial charge is 0.240 e. The van der Waals surface area contributed by atoms with Crippen molar-refractivity contribution >= 4 is 21.6 Å². The average Bonchev–Trinajstić information content (AvgIpc) is 2.48. The van der Waals surface area contributed by atoms with Crippen LogP contribution in [-0.2, 0) is 14.8 Å².